The highest BCUT2D eigenvalue weighted by Gasteiger charge is 2.15. The van der Waals surface area contributed by atoms with Crippen LogP contribution in [0.15, 0.2) is 35.7 Å². The highest BCUT2D eigenvalue weighted by molar-refractivity contribution is 7.09. The van der Waals surface area contributed by atoms with E-state index in [9.17, 15) is 4.79 Å². The molecular formula is C16H21N3OS. The fourth-order valence-corrected chi connectivity index (χ4v) is 2.81. The number of hydrogen-bond donors (Lipinski definition) is 1. The lowest BCUT2D eigenvalue weighted by molar-refractivity contribution is -0.120. The Balaban J connectivity index is 1.91. The molecule has 0 bridgehead atoms. The van der Waals surface area contributed by atoms with Crippen LogP contribution in [0.3, 0.4) is 0 Å². The molecule has 1 aromatic heterocycles. The number of carbonyl (C=O) groups is 1. The molecule has 1 heterocycles. The van der Waals surface area contributed by atoms with E-state index in [1.54, 1.807) is 11.3 Å². The molecule has 112 valence electrons. The fourth-order valence-electron chi connectivity index (χ4n) is 2.20. The van der Waals surface area contributed by atoms with Crippen LogP contribution < -0.4 is 5.32 Å². The molecule has 1 aromatic carbocycles. The maximum Gasteiger partial charge on any atom is 0.226 e. The first kappa shape index (κ1) is 15.7. The minimum atomic E-state index is 0.0167. The van der Waals surface area contributed by atoms with Crippen LogP contribution in [-0.2, 0) is 11.2 Å². The van der Waals surface area contributed by atoms with Crippen molar-refractivity contribution in [3.05, 3.63) is 52.0 Å². The number of amides is 1. The van der Waals surface area contributed by atoms with E-state index >= 15 is 0 Å². The van der Waals surface area contributed by atoms with Gasteiger partial charge in [-0.2, -0.15) is 0 Å². The molecule has 0 aliphatic carbocycles. The average Bonchev–Trinajstić information content (AvgIpc) is 2.85. The van der Waals surface area contributed by atoms with Gasteiger partial charge in [0.25, 0.3) is 0 Å². The number of carbonyl (C=O) groups excluding carboxylic acids is 1. The zero-order valence-corrected chi connectivity index (χ0v) is 13.5. The van der Waals surface area contributed by atoms with Crippen molar-refractivity contribution in [2.24, 2.45) is 0 Å². The second-order valence-corrected chi connectivity index (χ2v) is 6.29. The molecule has 5 heteroatoms. The Morgan fingerprint density at radius 1 is 1.33 bits per heavy atom. The molecular weight excluding hydrogens is 282 g/mol. The van der Waals surface area contributed by atoms with Crippen LogP contribution in [0.1, 0.15) is 22.3 Å². The zero-order valence-electron chi connectivity index (χ0n) is 12.7. The third kappa shape index (κ3) is 4.65. The summed E-state index contributed by atoms with van der Waals surface area (Å²) in [5.74, 6) is 0.0167. The highest BCUT2D eigenvalue weighted by Crippen LogP contribution is 2.16. The smallest absolute Gasteiger partial charge is 0.226 e. The Hall–Kier alpha value is -1.72. The van der Waals surface area contributed by atoms with Gasteiger partial charge in [-0.1, -0.05) is 30.3 Å². The van der Waals surface area contributed by atoms with E-state index < -0.39 is 0 Å². The van der Waals surface area contributed by atoms with Crippen molar-refractivity contribution in [1.82, 2.24) is 15.2 Å². The van der Waals surface area contributed by atoms with Crippen molar-refractivity contribution < 1.29 is 4.79 Å². The van der Waals surface area contributed by atoms with Gasteiger partial charge < -0.3 is 10.2 Å². The summed E-state index contributed by atoms with van der Waals surface area (Å²) < 4.78 is 0. The summed E-state index contributed by atoms with van der Waals surface area (Å²) in [5, 5.41) is 5.94. The number of nitrogens with zero attached hydrogens (tertiary/aromatic N) is 2. The standard InChI is InChI=1S/C16H21N3OS/c1-12-18-14(11-21-12)9-16(20)17-10-15(19(2)3)13-7-5-4-6-8-13/h4-8,11,15H,9-10H2,1-3H3,(H,17,20)/t15-/m0/s1. The first-order valence-electron chi connectivity index (χ1n) is 6.95. The van der Waals surface area contributed by atoms with E-state index in [-0.39, 0.29) is 11.9 Å². The van der Waals surface area contributed by atoms with Crippen LogP contribution in [-0.4, -0.2) is 36.4 Å². The van der Waals surface area contributed by atoms with E-state index in [4.69, 9.17) is 0 Å². The minimum Gasteiger partial charge on any atom is -0.354 e. The van der Waals surface area contributed by atoms with Crippen LogP contribution >= 0.6 is 11.3 Å². The fraction of sp³-hybridized carbons (Fsp3) is 0.375. The van der Waals surface area contributed by atoms with Gasteiger partial charge in [0.15, 0.2) is 0 Å². The third-order valence-corrected chi connectivity index (χ3v) is 4.13. The van der Waals surface area contributed by atoms with Crippen molar-refractivity contribution in [2.75, 3.05) is 20.6 Å². The lowest BCUT2D eigenvalue weighted by Gasteiger charge is -2.25. The highest BCUT2D eigenvalue weighted by atomic mass is 32.1. The van der Waals surface area contributed by atoms with Crippen molar-refractivity contribution in [2.45, 2.75) is 19.4 Å². The Morgan fingerprint density at radius 2 is 2.05 bits per heavy atom. The summed E-state index contributed by atoms with van der Waals surface area (Å²) in [6.45, 7) is 2.54. The van der Waals surface area contributed by atoms with Crippen LogP contribution in [0.4, 0.5) is 0 Å². The summed E-state index contributed by atoms with van der Waals surface area (Å²) in [4.78, 5) is 18.4. The normalized spacial score (nSPS) is 12.4. The molecule has 0 unspecified atom stereocenters. The van der Waals surface area contributed by atoms with E-state index in [1.807, 2.05) is 44.6 Å². The molecule has 4 nitrogen and oxygen atoms in total. The van der Waals surface area contributed by atoms with E-state index in [2.05, 4.69) is 27.3 Å². The lowest BCUT2D eigenvalue weighted by atomic mass is 10.1. The molecule has 2 aromatic rings. The number of rotatable bonds is 6. The summed E-state index contributed by atoms with van der Waals surface area (Å²) in [7, 11) is 4.04. The van der Waals surface area contributed by atoms with Crippen LogP contribution in [0.5, 0.6) is 0 Å². The van der Waals surface area contributed by atoms with Crippen molar-refractivity contribution in [3.63, 3.8) is 0 Å². The number of thiazole rings is 1. The number of nitrogens with one attached hydrogen (secondary N) is 1. The van der Waals surface area contributed by atoms with Gasteiger partial charge >= 0.3 is 0 Å². The van der Waals surface area contributed by atoms with Crippen molar-refractivity contribution in [1.29, 1.82) is 0 Å². The molecule has 1 atom stereocenters. The number of benzene rings is 1. The Kier molecular flexibility index (Phi) is 5.47. The maximum absolute atomic E-state index is 12.0. The topological polar surface area (TPSA) is 45.2 Å². The summed E-state index contributed by atoms with van der Waals surface area (Å²) in [5.41, 5.74) is 2.04. The largest absolute Gasteiger partial charge is 0.354 e. The van der Waals surface area contributed by atoms with E-state index in [0.717, 1.165) is 10.7 Å². The Morgan fingerprint density at radius 3 is 2.62 bits per heavy atom. The summed E-state index contributed by atoms with van der Waals surface area (Å²) in [6, 6.07) is 10.4. The molecule has 2 rings (SSSR count). The molecule has 21 heavy (non-hydrogen) atoms. The van der Waals surface area contributed by atoms with Gasteiger partial charge in [-0.3, -0.25) is 4.79 Å². The molecule has 0 fully saturated rings. The Labute approximate surface area is 129 Å². The SMILES string of the molecule is Cc1nc(CC(=O)NC[C@@H](c2ccccc2)N(C)C)cs1. The van der Waals surface area contributed by atoms with Crippen LogP contribution in [0, 0.1) is 6.92 Å². The first-order valence-corrected chi connectivity index (χ1v) is 7.83. The number of hydrogen-bond acceptors (Lipinski definition) is 4. The van der Waals surface area contributed by atoms with Crippen LogP contribution in [0.25, 0.3) is 0 Å². The average molecular weight is 303 g/mol. The summed E-state index contributed by atoms with van der Waals surface area (Å²) in [6.07, 6.45) is 0.347. The van der Waals surface area contributed by atoms with Gasteiger partial charge in [-0.15, -0.1) is 11.3 Å². The van der Waals surface area contributed by atoms with E-state index in [0.29, 0.717) is 13.0 Å². The molecule has 0 saturated heterocycles. The monoisotopic (exact) mass is 303 g/mol. The molecule has 0 spiro atoms. The number of likely N-dealkylation sites (N-methyl/N-ethyl adjacent to an activating group) is 1. The van der Waals surface area contributed by atoms with Gasteiger partial charge in [0.05, 0.1) is 23.2 Å². The maximum atomic E-state index is 12.0. The molecule has 0 saturated carbocycles. The molecule has 0 aliphatic rings. The first-order chi connectivity index (χ1) is 10.1. The quantitative estimate of drug-likeness (QED) is 0.891. The van der Waals surface area contributed by atoms with Gasteiger partial charge in [0.2, 0.25) is 5.91 Å². The van der Waals surface area contributed by atoms with Gasteiger partial charge in [0, 0.05) is 11.9 Å². The second-order valence-electron chi connectivity index (χ2n) is 5.23. The van der Waals surface area contributed by atoms with Gasteiger partial charge in [0.1, 0.15) is 0 Å². The van der Waals surface area contributed by atoms with Crippen molar-refractivity contribution in [3.8, 4) is 0 Å². The molecule has 1 N–H and O–H groups in total. The van der Waals surface area contributed by atoms with Crippen LogP contribution in [0.2, 0.25) is 0 Å². The van der Waals surface area contributed by atoms with E-state index in [1.165, 1.54) is 5.56 Å². The Bertz CT molecular complexity index is 580. The van der Waals surface area contributed by atoms with Crippen molar-refractivity contribution >= 4 is 17.2 Å². The molecule has 0 aliphatic heterocycles. The molecule has 1 amide bonds. The van der Waals surface area contributed by atoms with Gasteiger partial charge in [-0.25, -0.2) is 4.98 Å². The zero-order chi connectivity index (χ0) is 15.2. The third-order valence-electron chi connectivity index (χ3n) is 3.31. The van der Waals surface area contributed by atoms with Gasteiger partial charge in [-0.05, 0) is 26.6 Å². The predicted molar refractivity (Wildman–Crippen MR) is 86.4 cm³/mol. The summed E-state index contributed by atoms with van der Waals surface area (Å²) >= 11 is 1.57. The lowest BCUT2D eigenvalue weighted by Crippen LogP contribution is -2.35. The number of aryl methyl sites for hydroxylation is 1. The minimum absolute atomic E-state index is 0.0167. The number of aromatic nitrogens is 1. The predicted octanol–water partition coefficient (Wildman–Crippen LogP) is 2.41. The second kappa shape index (κ2) is 7.33. The molecule has 0 radical (unpaired) electrons.